The first-order valence-corrected chi connectivity index (χ1v) is 10.7. The Bertz CT molecular complexity index is 850. The molecule has 0 aliphatic rings. The molecule has 184 valence electrons. The van der Waals surface area contributed by atoms with Crippen LogP contribution in [0.3, 0.4) is 0 Å². The largest absolute Gasteiger partial charge is 0.496 e. The molecule has 0 radical (unpaired) electrons. The zero-order valence-corrected chi connectivity index (χ0v) is 22.5. The standard InChI is InChI=1S/C24H35N3O5.HI/c1-7-25-24(26-14-20-22(30-5)12-19(29-4)13-23(20)31-6)27-15-21(28)17-8-10-18(11-9-17)32-16(2)3;/h8-13,16,21,28H,7,14-15H2,1-6H3,(H2,25,26,27);1H. The molecule has 0 fully saturated rings. The van der Waals surface area contributed by atoms with E-state index in [9.17, 15) is 5.11 Å². The number of methoxy groups -OCH3 is 3. The van der Waals surface area contributed by atoms with Crippen molar-refractivity contribution in [1.29, 1.82) is 0 Å². The Hall–Kier alpha value is -2.40. The second kappa shape index (κ2) is 14.7. The van der Waals surface area contributed by atoms with Gasteiger partial charge in [-0.2, -0.15) is 0 Å². The second-order valence-electron chi connectivity index (χ2n) is 7.34. The number of rotatable bonds is 11. The van der Waals surface area contributed by atoms with Gasteiger partial charge < -0.3 is 34.7 Å². The Kier molecular flexibility index (Phi) is 12.7. The average Bonchev–Trinajstić information content (AvgIpc) is 2.80. The normalized spacial score (nSPS) is 11.9. The minimum absolute atomic E-state index is 0. The van der Waals surface area contributed by atoms with Gasteiger partial charge in [-0.1, -0.05) is 12.1 Å². The highest BCUT2D eigenvalue weighted by Crippen LogP contribution is 2.34. The van der Waals surface area contributed by atoms with E-state index in [0.717, 1.165) is 16.9 Å². The van der Waals surface area contributed by atoms with Gasteiger partial charge in [-0.3, -0.25) is 0 Å². The molecule has 9 heteroatoms. The summed E-state index contributed by atoms with van der Waals surface area (Å²) in [6, 6.07) is 11.0. The number of aliphatic imine (C=N–C) groups is 1. The summed E-state index contributed by atoms with van der Waals surface area (Å²) < 4.78 is 21.9. The van der Waals surface area contributed by atoms with Crippen LogP contribution in [0.5, 0.6) is 23.0 Å². The Morgan fingerprint density at radius 3 is 2.03 bits per heavy atom. The third kappa shape index (κ3) is 8.81. The van der Waals surface area contributed by atoms with E-state index in [1.54, 1.807) is 33.5 Å². The summed E-state index contributed by atoms with van der Waals surface area (Å²) in [6.45, 7) is 7.24. The Morgan fingerprint density at radius 1 is 0.939 bits per heavy atom. The predicted molar refractivity (Wildman–Crippen MR) is 141 cm³/mol. The molecule has 2 aromatic carbocycles. The predicted octanol–water partition coefficient (Wildman–Crippen LogP) is 3.91. The maximum atomic E-state index is 10.6. The van der Waals surface area contributed by atoms with Crippen molar-refractivity contribution in [2.24, 2.45) is 4.99 Å². The van der Waals surface area contributed by atoms with Gasteiger partial charge in [0.2, 0.25) is 0 Å². The van der Waals surface area contributed by atoms with E-state index >= 15 is 0 Å². The van der Waals surface area contributed by atoms with Crippen molar-refractivity contribution in [2.75, 3.05) is 34.4 Å². The number of benzene rings is 2. The zero-order chi connectivity index (χ0) is 23.5. The quantitative estimate of drug-likeness (QED) is 0.213. The summed E-state index contributed by atoms with van der Waals surface area (Å²) >= 11 is 0. The average molecular weight is 573 g/mol. The van der Waals surface area contributed by atoms with Crippen molar-refractivity contribution in [3.8, 4) is 23.0 Å². The minimum Gasteiger partial charge on any atom is -0.496 e. The molecule has 8 nitrogen and oxygen atoms in total. The van der Waals surface area contributed by atoms with Gasteiger partial charge >= 0.3 is 0 Å². The number of hydrogen-bond donors (Lipinski definition) is 3. The molecule has 0 aliphatic heterocycles. The summed E-state index contributed by atoms with van der Waals surface area (Å²) in [6.07, 6.45) is -0.591. The molecular formula is C24H36IN3O5. The highest BCUT2D eigenvalue weighted by atomic mass is 127. The van der Waals surface area contributed by atoms with E-state index in [1.165, 1.54) is 0 Å². The molecule has 0 spiro atoms. The SMILES string of the molecule is CCNC(=NCc1c(OC)cc(OC)cc1OC)NCC(O)c1ccc(OC(C)C)cc1.I. The fourth-order valence-electron chi connectivity index (χ4n) is 3.09. The Labute approximate surface area is 213 Å². The number of hydrogen-bond acceptors (Lipinski definition) is 6. The third-order valence-electron chi connectivity index (χ3n) is 4.66. The molecule has 0 aromatic heterocycles. The number of guanidine groups is 1. The van der Waals surface area contributed by atoms with Crippen LogP contribution in [-0.4, -0.2) is 51.6 Å². The Balaban J connectivity index is 0.00000544. The fraction of sp³-hybridized carbons (Fsp3) is 0.458. The molecule has 0 aliphatic carbocycles. The molecular weight excluding hydrogens is 537 g/mol. The van der Waals surface area contributed by atoms with Crippen molar-refractivity contribution in [3.05, 3.63) is 47.5 Å². The van der Waals surface area contributed by atoms with Crippen LogP contribution >= 0.6 is 24.0 Å². The van der Waals surface area contributed by atoms with Gasteiger partial charge in [0.15, 0.2) is 5.96 Å². The summed E-state index contributed by atoms with van der Waals surface area (Å²) in [4.78, 5) is 4.63. The fourth-order valence-corrected chi connectivity index (χ4v) is 3.09. The molecule has 1 atom stereocenters. The number of nitrogens with zero attached hydrogens (tertiary/aromatic N) is 1. The summed E-state index contributed by atoms with van der Waals surface area (Å²) in [5, 5.41) is 17.0. The zero-order valence-electron chi connectivity index (χ0n) is 20.2. The van der Waals surface area contributed by atoms with Crippen LogP contribution < -0.4 is 29.6 Å². The third-order valence-corrected chi connectivity index (χ3v) is 4.66. The first-order chi connectivity index (χ1) is 15.4. The summed E-state index contributed by atoms with van der Waals surface area (Å²) in [7, 11) is 4.78. The second-order valence-corrected chi connectivity index (χ2v) is 7.34. The lowest BCUT2D eigenvalue weighted by molar-refractivity contribution is 0.180. The molecule has 0 bridgehead atoms. The van der Waals surface area contributed by atoms with Gasteiger partial charge in [-0.25, -0.2) is 4.99 Å². The summed E-state index contributed by atoms with van der Waals surface area (Å²) in [5.74, 6) is 3.26. The van der Waals surface area contributed by atoms with Gasteiger partial charge in [0.05, 0.1) is 45.6 Å². The molecule has 2 aromatic rings. The van der Waals surface area contributed by atoms with Crippen LogP contribution in [0, 0.1) is 0 Å². The number of aliphatic hydroxyl groups excluding tert-OH is 1. The lowest BCUT2D eigenvalue weighted by Gasteiger charge is -2.17. The minimum atomic E-state index is -0.697. The Morgan fingerprint density at radius 2 is 1.55 bits per heavy atom. The highest BCUT2D eigenvalue weighted by molar-refractivity contribution is 14.0. The topological polar surface area (TPSA) is 93.6 Å². The highest BCUT2D eigenvalue weighted by Gasteiger charge is 2.14. The number of nitrogens with one attached hydrogen (secondary N) is 2. The monoisotopic (exact) mass is 573 g/mol. The number of ether oxygens (including phenoxy) is 4. The van der Waals surface area contributed by atoms with E-state index in [2.05, 4.69) is 15.6 Å². The van der Waals surface area contributed by atoms with Gasteiger partial charge in [0, 0.05) is 25.2 Å². The van der Waals surface area contributed by atoms with Crippen LogP contribution in [0.4, 0.5) is 0 Å². The first kappa shape index (κ1) is 28.6. The first-order valence-electron chi connectivity index (χ1n) is 10.7. The van der Waals surface area contributed by atoms with E-state index in [1.807, 2.05) is 45.0 Å². The van der Waals surface area contributed by atoms with Crippen LogP contribution in [0.25, 0.3) is 0 Å². The molecule has 3 N–H and O–H groups in total. The van der Waals surface area contributed by atoms with Crippen molar-refractivity contribution < 1.29 is 24.1 Å². The van der Waals surface area contributed by atoms with E-state index in [4.69, 9.17) is 18.9 Å². The lowest BCUT2D eigenvalue weighted by atomic mass is 10.1. The van der Waals surface area contributed by atoms with Crippen LogP contribution in [0.1, 0.15) is 38.0 Å². The number of aliphatic hydroxyl groups is 1. The van der Waals surface area contributed by atoms with Crippen molar-refractivity contribution >= 4 is 29.9 Å². The van der Waals surface area contributed by atoms with Crippen LogP contribution in [0.2, 0.25) is 0 Å². The van der Waals surface area contributed by atoms with E-state index in [0.29, 0.717) is 42.8 Å². The van der Waals surface area contributed by atoms with Crippen molar-refractivity contribution in [2.45, 2.75) is 39.5 Å². The van der Waals surface area contributed by atoms with Crippen molar-refractivity contribution in [1.82, 2.24) is 10.6 Å². The molecule has 1 unspecified atom stereocenters. The molecule has 33 heavy (non-hydrogen) atoms. The van der Waals surface area contributed by atoms with Gasteiger partial charge in [-0.15, -0.1) is 24.0 Å². The van der Waals surface area contributed by atoms with Gasteiger partial charge in [-0.05, 0) is 38.5 Å². The van der Waals surface area contributed by atoms with Crippen LogP contribution in [-0.2, 0) is 6.54 Å². The number of halogens is 1. The van der Waals surface area contributed by atoms with Crippen LogP contribution in [0.15, 0.2) is 41.4 Å². The maximum Gasteiger partial charge on any atom is 0.191 e. The molecule has 0 saturated heterocycles. The molecule has 0 amide bonds. The van der Waals surface area contributed by atoms with Crippen molar-refractivity contribution in [3.63, 3.8) is 0 Å². The molecule has 0 heterocycles. The van der Waals surface area contributed by atoms with Gasteiger partial charge in [0.1, 0.15) is 23.0 Å². The molecule has 0 saturated carbocycles. The van der Waals surface area contributed by atoms with E-state index < -0.39 is 6.10 Å². The maximum absolute atomic E-state index is 10.6. The smallest absolute Gasteiger partial charge is 0.191 e. The summed E-state index contributed by atoms with van der Waals surface area (Å²) in [5.41, 5.74) is 1.59. The molecule has 2 rings (SSSR count). The lowest BCUT2D eigenvalue weighted by Crippen LogP contribution is -2.39. The van der Waals surface area contributed by atoms with E-state index in [-0.39, 0.29) is 30.1 Å². The van der Waals surface area contributed by atoms with Gasteiger partial charge in [0.25, 0.3) is 0 Å².